The van der Waals surface area contributed by atoms with Crippen molar-refractivity contribution in [1.29, 1.82) is 0 Å². The van der Waals surface area contributed by atoms with E-state index in [2.05, 4.69) is 29.6 Å². The summed E-state index contributed by atoms with van der Waals surface area (Å²) in [6, 6.07) is 7.39. The third-order valence-electron chi connectivity index (χ3n) is 7.41. The molecule has 8 heteroatoms. The van der Waals surface area contributed by atoms with Crippen molar-refractivity contribution in [3.8, 4) is 0 Å². The highest BCUT2D eigenvalue weighted by atomic mass is 16.6. The Balaban J connectivity index is 1.13. The molecule has 8 nitrogen and oxygen atoms in total. The number of non-ortho nitro benzene ring substituents is 1. The molecule has 0 amide bonds. The molecule has 1 aromatic carbocycles. The molecule has 0 radical (unpaired) electrons. The van der Waals surface area contributed by atoms with Crippen LogP contribution in [0, 0.1) is 16.0 Å². The van der Waals surface area contributed by atoms with E-state index in [0.717, 1.165) is 62.9 Å². The summed E-state index contributed by atoms with van der Waals surface area (Å²) in [5.41, 5.74) is 3.91. The van der Waals surface area contributed by atoms with Gasteiger partial charge in [-0.15, -0.1) is 0 Å². The van der Waals surface area contributed by atoms with E-state index < -0.39 is 0 Å². The van der Waals surface area contributed by atoms with Crippen molar-refractivity contribution < 1.29 is 4.92 Å². The van der Waals surface area contributed by atoms with Crippen molar-refractivity contribution in [2.45, 2.75) is 76.7 Å². The number of aromatic nitrogens is 2. The van der Waals surface area contributed by atoms with E-state index in [1.165, 1.54) is 55.3 Å². The van der Waals surface area contributed by atoms with Crippen LogP contribution in [0.3, 0.4) is 0 Å². The van der Waals surface area contributed by atoms with Gasteiger partial charge in [0.25, 0.3) is 5.69 Å². The molecule has 2 N–H and O–H groups in total. The fraction of sp³-hybridized carbons (Fsp3) is 0.630. The van der Waals surface area contributed by atoms with Crippen LogP contribution in [0.2, 0.25) is 0 Å². The van der Waals surface area contributed by atoms with Gasteiger partial charge in [0.2, 0.25) is 5.95 Å². The van der Waals surface area contributed by atoms with Gasteiger partial charge in [-0.1, -0.05) is 12.1 Å². The van der Waals surface area contributed by atoms with E-state index in [1.807, 2.05) is 12.1 Å². The number of anilines is 2. The number of aryl methyl sites for hydroxylation is 2. The average Bonchev–Trinajstić information content (AvgIpc) is 2.86. The number of fused-ring (bicyclic) bond motifs is 1. The Morgan fingerprint density at radius 2 is 1.77 bits per heavy atom. The third-order valence-corrected chi connectivity index (χ3v) is 7.41. The molecule has 1 aromatic heterocycles. The summed E-state index contributed by atoms with van der Waals surface area (Å²) in [7, 11) is 4.16. The smallest absolute Gasteiger partial charge is 0.269 e. The quantitative estimate of drug-likeness (QED) is 0.268. The number of hydrogen-bond acceptors (Lipinski definition) is 7. The molecule has 2 aromatic rings. The van der Waals surface area contributed by atoms with Gasteiger partial charge < -0.3 is 15.5 Å². The summed E-state index contributed by atoms with van der Waals surface area (Å²) in [5, 5.41) is 18.0. The number of nitrogens with zero attached hydrogens (tertiary/aromatic N) is 4. The lowest BCUT2D eigenvalue weighted by molar-refractivity contribution is -0.384. The van der Waals surface area contributed by atoms with Gasteiger partial charge in [0.15, 0.2) is 0 Å². The Morgan fingerprint density at radius 3 is 2.49 bits per heavy atom. The maximum atomic E-state index is 10.7. The Labute approximate surface area is 209 Å². The second kappa shape index (κ2) is 12.3. The van der Waals surface area contributed by atoms with Gasteiger partial charge in [0, 0.05) is 37.8 Å². The minimum absolute atomic E-state index is 0.161. The first-order valence-corrected chi connectivity index (χ1v) is 13.3. The van der Waals surface area contributed by atoms with E-state index in [1.54, 1.807) is 12.1 Å². The largest absolute Gasteiger partial charge is 0.362 e. The molecule has 0 aliphatic heterocycles. The second-order valence-corrected chi connectivity index (χ2v) is 10.3. The predicted octanol–water partition coefficient (Wildman–Crippen LogP) is 4.91. The normalized spacial score (nSPS) is 19.7. The van der Waals surface area contributed by atoms with Crippen LogP contribution in [-0.2, 0) is 19.3 Å². The monoisotopic (exact) mass is 480 g/mol. The summed E-state index contributed by atoms with van der Waals surface area (Å²) >= 11 is 0. The molecule has 0 atom stereocenters. The molecule has 1 fully saturated rings. The highest BCUT2D eigenvalue weighted by Gasteiger charge is 2.23. The summed E-state index contributed by atoms with van der Waals surface area (Å²) < 4.78 is 0. The number of benzene rings is 1. The van der Waals surface area contributed by atoms with Gasteiger partial charge in [-0.2, -0.15) is 4.98 Å². The maximum absolute atomic E-state index is 10.7. The summed E-state index contributed by atoms with van der Waals surface area (Å²) in [6.07, 6.45) is 12.6. The van der Waals surface area contributed by atoms with Gasteiger partial charge in [-0.05, 0) is 95.2 Å². The van der Waals surface area contributed by atoms with E-state index in [0.29, 0.717) is 6.04 Å². The molecular weight excluding hydrogens is 440 g/mol. The molecule has 2 aliphatic carbocycles. The first-order chi connectivity index (χ1) is 17.0. The van der Waals surface area contributed by atoms with E-state index in [-0.39, 0.29) is 10.6 Å². The minimum Gasteiger partial charge on any atom is -0.362 e. The zero-order valence-electron chi connectivity index (χ0n) is 21.3. The molecule has 0 spiro atoms. The van der Waals surface area contributed by atoms with E-state index in [9.17, 15) is 10.1 Å². The Morgan fingerprint density at radius 1 is 1.03 bits per heavy atom. The third kappa shape index (κ3) is 7.13. The SMILES string of the molecule is CN(C)c1nc(NC2CCC(CNCCCCc3ccc([N+](=O)[O-])cc3)CC2)nc2c1CCCC2. The zero-order valence-corrected chi connectivity index (χ0v) is 21.3. The second-order valence-electron chi connectivity index (χ2n) is 10.3. The summed E-state index contributed by atoms with van der Waals surface area (Å²) in [6.45, 7) is 2.12. The van der Waals surface area contributed by atoms with Crippen LogP contribution >= 0.6 is 0 Å². The van der Waals surface area contributed by atoms with Crippen molar-refractivity contribution in [2.24, 2.45) is 5.92 Å². The van der Waals surface area contributed by atoms with Crippen molar-refractivity contribution >= 4 is 17.5 Å². The Kier molecular flexibility index (Phi) is 8.90. The topological polar surface area (TPSA) is 96.2 Å². The fourth-order valence-electron chi connectivity index (χ4n) is 5.37. The highest BCUT2D eigenvalue weighted by molar-refractivity contribution is 5.52. The number of rotatable bonds is 11. The van der Waals surface area contributed by atoms with Gasteiger partial charge in [-0.3, -0.25) is 10.1 Å². The molecule has 35 heavy (non-hydrogen) atoms. The van der Waals surface area contributed by atoms with Crippen LogP contribution in [0.15, 0.2) is 24.3 Å². The van der Waals surface area contributed by atoms with Crippen LogP contribution in [0.5, 0.6) is 0 Å². The molecule has 2 aliphatic rings. The van der Waals surface area contributed by atoms with Crippen LogP contribution < -0.4 is 15.5 Å². The molecule has 0 bridgehead atoms. The minimum atomic E-state index is -0.347. The first kappa shape index (κ1) is 25.4. The maximum Gasteiger partial charge on any atom is 0.269 e. The zero-order chi connectivity index (χ0) is 24.6. The van der Waals surface area contributed by atoms with Crippen LogP contribution in [0.1, 0.15) is 68.2 Å². The highest BCUT2D eigenvalue weighted by Crippen LogP contribution is 2.30. The number of nitro benzene ring substituents is 1. The summed E-state index contributed by atoms with van der Waals surface area (Å²) in [5.74, 6) is 2.64. The lowest BCUT2D eigenvalue weighted by Gasteiger charge is -2.30. The molecular formula is C27H40N6O2. The Hall–Kier alpha value is -2.74. The van der Waals surface area contributed by atoms with E-state index >= 15 is 0 Å². The number of nitrogens with one attached hydrogen (secondary N) is 2. The summed E-state index contributed by atoms with van der Waals surface area (Å²) in [4.78, 5) is 22.3. The standard InChI is InChI=1S/C27H40N6O2/c1-32(2)26-24-8-3-4-9-25(24)30-27(31-26)29-22-14-10-21(11-15-22)19-28-18-6-5-7-20-12-16-23(17-13-20)33(34)35/h12-13,16-17,21-22,28H,3-11,14-15,18-19H2,1-2H3,(H,29,30,31). The number of unbranched alkanes of at least 4 members (excludes halogenated alkanes) is 1. The predicted molar refractivity (Wildman–Crippen MR) is 141 cm³/mol. The molecule has 1 heterocycles. The van der Waals surface area contributed by atoms with Crippen molar-refractivity contribution in [2.75, 3.05) is 37.4 Å². The first-order valence-electron chi connectivity index (χ1n) is 13.3. The molecule has 0 unspecified atom stereocenters. The van der Waals surface area contributed by atoms with Crippen molar-refractivity contribution in [1.82, 2.24) is 15.3 Å². The molecule has 0 saturated heterocycles. The average molecular weight is 481 g/mol. The number of nitro groups is 1. The van der Waals surface area contributed by atoms with Crippen molar-refractivity contribution in [3.63, 3.8) is 0 Å². The molecule has 190 valence electrons. The Bertz CT molecular complexity index is 970. The van der Waals surface area contributed by atoms with Crippen molar-refractivity contribution in [3.05, 3.63) is 51.2 Å². The molecule has 4 rings (SSSR count). The van der Waals surface area contributed by atoms with E-state index in [4.69, 9.17) is 9.97 Å². The van der Waals surface area contributed by atoms with Gasteiger partial charge in [0.1, 0.15) is 5.82 Å². The molecule has 1 saturated carbocycles. The van der Waals surface area contributed by atoms with Crippen LogP contribution in [0.4, 0.5) is 17.5 Å². The van der Waals surface area contributed by atoms with Crippen LogP contribution in [-0.4, -0.2) is 48.1 Å². The lowest BCUT2D eigenvalue weighted by atomic mass is 9.86. The fourth-order valence-corrected chi connectivity index (χ4v) is 5.37. The number of hydrogen-bond donors (Lipinski definition) is 2. The van der Waals surface area contributed by atoms with Gasteiger partial charge in [-0.25, -0.2) is 4.98 Å². The van der Waals surface area contributed by atoms with Gasteiger partial charge in [0.05, 0.1) is 10.6 Å². The van der Waals surface area contributed by atoms with Gasteiger partial charge >= 0.3 is 0 Å². The lowest BCUT2D eigenvalue weighted by Crippen LogP contribution is -2.32. The van der Waals surface area contributed by atoms with Crippen LogP contribution in [0.25, 0.3) is 0 Å².